The highest BCUT2D eigenvalue weighted by atomic mass is 16.1. The molecule has 0 saturated heterocycles. The van der Waals surface area contributed by atoms with Crippen molar-refractivity contribution in [1.82, 2.24) is 15.8 Å². The lowest BCUT2D eigenvalue weighted by Gasteiger charge is -2.30. The van der Waals surface area contributed by atoms with Gasteiger partial charge in [0.05, 0.1) is 5.70 Å². The van der Waals surface area contributed by atoms with Crippen LogP contribution < -0.4 is 10.7 Å². The monoisotopic (exact) mass is 207 g/mol. The molecule has 15 heavy (non-hydrogen) atoms. The summed E-state index contributed by atoms with van der Waals surface area (Å²) in [5.41, 5.74) is 5.82. The summed E-state index contributed by atoms with van der Waals surface area (Å²) in [5, 5.41) is 4.59. The first kappa shape index (κ1) is 11.5. The van der Waals surface area contributed by atoms with Crippen LogP contribution in [0.15, 0.2) is 36.2 Å². The minimum atomic E-state index is -0.0999. The van der Waals surface area contributed by atoms with E-state index in [2.05, 4.69) is 23.9 Å². The number of nitrogens with zero attached hydrogens (tertiary/aromatic N) is 1. The second-order valence-electron chi connectivity index (χ2n) is 3.44. The Balaban J connectivity index is 2.93. The Bertz CT molecular complexity index is 331. The fourth-order valence-corrected chi connectivity index (χ4v) is 1.62. The van der Waals surface area contributed by atoms with Crippen LogP contribution in [0.25, 0.3) is 0 Å². The number of likely N-dealkylation sites (N-methyl/N-ethyl adjacent to an activating group) is 1. The van der Waals surface area contributed by atoms with Crippen LogP contribution >= 0.6 is 0 Å². The lowest BCUT2D eigenvalue weighted by molar-refractivity contribution is -0.118. The van der Waals surface area contributed by atoms with Crippen LogP contribution in [0.5, 0.6) is 0 Å². The standard InChI is InChI=1S/C11H17N3O/c1-5-11-10(6-7-12-14(11)4)8(2)13-9(3)15/h5,12H,1-2,6-7H2,3-4H3,(H,13,15). The topological polar surface area (TPSA) is 44.4 Å². The second kappa shape index (κ2) is 4.79. The van der Waals surface area contributed by atoms with Crippen molar-refractivity contribution in [2.45, 2.75) is 13.3 Å². The average Bonchev–Trinajstić information content (AvgIpc) is 2.16. The zero-order chi connectivity index (χ0) is 11.4. The van der Waals surface area contributed by atoms with E-state index >= 15 is 0 Å². The molecule has 0 saturated carbocycles. The first-order chi connectivity index (χ1) is 7.06. The molecule has 1 heterocycles. The number of allylic oxidation sites excluding steroid dienone is 2. The van der Waals surface area contributed by atoms with Crippen molar-refractivity contribution < 1.29 is 4.79 Å². The van der Waals surface area contributed by atoms with E-state index in [-0.39, 0.29) is 5.91 Å². The van der Waals surface area contributed by atoms with Gasteiger partial charge in [0.2, 0.25) is 5.91 Å². The van der Waals surface area contributed by atoms with Crippen molar-refractivity contribution >= 4 is 5.91 Å². The lowest BCUT2D eigenvalue weighted by atomic mass is 10.0. The van der Waals surface area contributed by atoms with E-state index in [0.717, 1.165) is 24.2 Å². The number of hydrogen-bond donors (Lipinski definition) is 2. The summed E-state index contributed by atoms with van der Waals surface area (Å²) in [5.74, 6) is -0.0999. The first-order valence-electron chi connectivity index (χ1n) is 4.86. The highest BCUT2D eigenvalue weighted by Gasteiger charge is 2.16. The number of carbonyl (C=O) groups is 1. The van der Waals surface area contributed by atoms with Gasteiger partial charge in [0.15, 0.2) is 0 Å². The number of amides is 1. The van der Waals surface area contributed by atoms with E-state index in [1.54, 1.807) is 6.08 Å². The highest BCUT2D eigenvalue weighted by molar-refractivity contribution is 5.76. The van der Waals surface area contributed by atoms with E-state index < -0.39 is 0 Å². The molecule has 0 fully saturated rings. The molecule has 1 aliphatic heterocycles. The van der Waals surface area contributed by atoms with E-state index in [4.69, 9.17) is 0 Å². The van der Waals surface area contributed by atoms with Gasteiger partial charge < -0.3 is 10.3 Å². The molecule has 0 spiro atoms. The number of carbonyl (C=O) groups excluding carboxylic acids is 1. The number of hydrazine groups is 1. The fraction of sp³-hybridized carbons (Fsp3) is 0.364. The van der Waals surface area contributed by atoms with Gasteiger partial charge in [0.25, 0.3) is 0 Å². The maximum Gasteiger partial charge on any atom is 0.221 e. The summed E-state index contributed by atoms with van der Waals surface area (Å²) in [6.45, 7) is 9.92. The maximum absolute atomic E-state index is 10.9. The molecule has 0 aliphatic carbocycles. The predicted molar refractivity (Wildman–Crippen MR) is 60.6 cm³/mol. The first-order valence-corrected chi connectivity index (χ1v) is 4.86. The summed E-state index contributed by atoms with van der Waals surface area (Å²) in [6.07, 6.45) is 2.60. The molecule has 1 rings (SSSR count). The smallest absolute Gasteiger partial charge is 0.221 e. The van der Waals surface area contributed by atoms with Gasteiger partial charge in [-0.3, -0.25) is 4.79 Å². The number of nitrogens with one attached hydrogen (secondary N) is 2. The minimum Gasteiger partial charge on any atom is -0.327 e. The molecular weight excluding hydrogens is 190 g/mol. The summed E-state index contributed by atoms with van der Waals surface area (Å²) < 4.78 is 0. The molecule has 4 nitrogen and oxygen atoms in total. The summed E-state index contributed by atoms with van der Waals surface area (Å²) in [6, 6.07) is 0. The van der Waals surface area contributed by atoms with Gasteiger partial charge in [-0.25, -0.2) is 5.43 Å². The van der Waals surface area contributed by atoms with Crippen molar-refractivity contribution in [2.75, 3.05) is 13.6 Å². The molecule has 4 heteroatoms. The quantitative estimate of drug-likeness (QED) is 0.723. The van der Waals surface area contributed by atoms with Gasteiger partial charge in [-0.05, 0) is 12.5 Å². The Morgan fingerprint density at radius 1 is 1.67 bits per heavy atom. The van der Waals surface area contributed by atoms with Crippen LogP contribution in [0.1, 0.15) is 13.3 Å². The van der Waals surface area contributed by atoms with Gasteiger partial charge in [-0.2, -0.15) is 0 Å². The number of hydrogen-bond acceptors (Lipinski definition) is 3. The molecule has 0 aromatic heterocycles. The Morgan fingerprint density at radius 2 is 2.33 bits per heavy atom. The molecule has 0 aromatic carbocycles. The van der Waals surface area contributed by atoms with E-state index in [0.29, 0.717) is 5.70 Å². The van der Waals surface area contributed by atoms with E-state index in [1.807, 2.05) is 12.1 Å². The van der Waals surface area contributed by atoms with Gasteiger partial charge in [-0.15, -0.1) is 0 Å². The van der Waals surface area contributed by atoms with E-state index in [9.17, 15) is 4.79 Å². The summed E-state index contributed by atoms with van der Waals surface area (Å²) >= 11 is 0. The molecular formula is C11H17N3O. The fourth-order valence-electron chi connectivity index (χ4n) is 1.62. The van der Waals surface area contributed by atoms with Crippen molar-refractivity contribution in [1.29, 1.82) is 0 Å². The average molecular weight is 207 g/mol. The normalized spacial score (nSPS) is 16.3. The number of rotatable bonds is 3. The molecule has 0 atom stereocenters. The third-order valence-electron chi connectivity index (χ3n) is 2.28. The Morgan fingerprint density at radius 3 is 2.87 bits per heavy atom. The molecule has 0 radical (unpaired) electrons. The van der Waals surface area contributed by atoms with Crippen molar-refractivity contribution in [3.8, 4) is 0 Å². The Labute approximate surface area is 90.3 Å². The SMILES string of the molecule is C=CC1=C(C(=C)NC(C)=O)CCNN1C. The molecule has 1 aliphatic rings. The summed E-state index contributed by atoms with van der Waals surface area (Å²) in [7, 11) is 1.91. The van der Waals surface area contributed by atoms with Crippen LogP contribution in [0, 0.1) is 0 Å². The molecule has 0 bridgehead atoms. The lowest BCUT2D eigenvalue weighted by Crippen LogP contribution is -2.39. The molecule has 82 valence electrons. The van der Waals surface area contributed by atoms with Crippen LogP contribution in [-0.4, -0.2) is 24.5 Å². The van der Waals surface area contributed by atoms with Crippen LogP contribution in [-0.2, 0) is 4.79 Å². The van der Waals surface area contributed by atoms with Crippen LogP contribution in [0.3, 0.4) is 0 Å². The Hall–Kier alpha value is -1.55. The van der Waals surface area contributed by atoms with Crippen molar-refractivity contribution in [3.63, 3.8) is 0 Å². The van der Waals surface area contributed by atoms with Crippen LogP contribution in [0.2, 0.25) is 0 Å². The summed E-state index contributed by atoms with van der Waals surface area (Å²) in [4.78, 5) is 10.9. The van der Waals surface area contributed by atoms with Gasteiger partial charge >= 0.3 is 0 Å². The van der Waals surface area contributed by atoms with Crippen LogP contribution in [0.4, 0.5) is 0 Å². The minimum absolute atomic E-state index is 0.0999. The molecule has 1 amide bonds. The largest absolute Gasteiger partial charge is 0.327 e. The second-order valence-corrected chi connectivity index (χ2v) is 3.44. The van der Waals surface area contributed by atoms with Crippen molar-refractivity contribution in [3.05, 3.63) is 36.2 Å². The zero-order valence-corrected chi connectivity index (χ0v) is 9.26. The maximum atomic E-state index is 10.9. The van der Waals surface area contributed by atoms with E-state index in [1.165, 1.54) is 6.92 Å². The predicted octanol–water partition coefficient (Wildman–Crippen LogP) is 0.916. The van der Waals surface area contributed by atoms with Crippen molar-refractivity contribution in [2.24, 2.45) is 0 Å². The van der Waals surface area contributed by atoms with Gasteiger partial charge in [-0.1, -0.05) is 13.2 Å². The highest BCUT2D eigenvalue weighted by Crippen LogP contribution is 2.20. The van der Waals surface area contributed by atoms with Gasteiger partial charge in [0, 0.05) is 31.8 Å². The third kappa shape index (κ3) is 2.70. The zero-order valence-electron chi connectivity index (χ0n) is 9.26. The third-order valence-corrected chi connectivity index (χ3v) is 2.28. The molecule has 2 N–H and O–H groups in total. The Kier molecular flexibility index (Phi) is 3.68. The molecule has 0 unspecified atom stereocenters. The molecule has 0 aromatic rings. The van der Waals surface area contributed by atoms with Gasteiger partial charge in [0.1, 0.15) is 0 Å².